The van der Waals surface area contributed by atoms with Gasteiger partial charge < -0.3 is 10.1 Å². The normalized spacial score (nSPS) is 23.2. The SMILES string of the molecule is CCOC(=O)Cc1csc(NC(=O)[C@]2(C)CC2(Br)Br)n1. The van der Waals surface area contributed by atoms with Crippen LogP contribution in [0.4, 0.5) is 5.13 Å². The molecule has 0 bridgehead atoms. The lowest BCUT2D eigenvalue weighted by Gasteiger charge is -2.10. The maximum Gasteiger partial charge on any atom is 0.311 e. The molecule has 1 fully saturated rings. The van der Waals surface area contributed by atoms with Crippen LogP contribution in [0.25, 0.3) is 0 Å². The van der Waals surface area contributed by atoms with E-state index in [4.69, 9.17) is 4.74 Å². The van der Waals surface area contributed by atoms with E-state index in [-0.39, 0.29) is 21.5 Å². The van der Waals surface area contributed by atoms with Crippen LogP contribution in [-0.2, 0) is 20.7 Å². The van der Waals surface area contributed by atoms with Gasteiger partial charge in [-0.3, -0.25) is 9.59 Å². The molecular formula is C12H14Br2N2O3S. The summed E-state index contributed by atoms with van der Waals surface area (Å²) in [7, 11) is 0. The number of nitrogens with one attached hydrogen (secondary N) is 1. The van der Waals surface area contributed by atoms with Gasteiger partial charge in [-0.05, 0) is 20.3 Å². The lowest BCUT2D eigenvalue weighted by molar-refractivity contribution is -0.142. The lowest BCUT2D eigenvalue weighted by atomic mass is 10.1. The number of halogens is 2. The van der Waals surface area contributed by atoms with Gasteiger partial charge in [0.15, 0.2) is 5.13 Å². The molecular weight excluding hydrogens is 412 g/mol. The number of rotatable bonds is 5. The molecule has 0 radical (unpaired) electrons. The number of carbonyl (C=O) groups excluding carboxylic acids is 2. The fourth-order valence-corrected chi connectivity index (χ4v) is 3.87. The molecule has 1 aliphatic carbocycles. The number of thiazole rings is 1. The summed E-state index contributed by atoms with van der Waals surface area (Å²) in [5.41, 5.74) is 0.119. The molecule has 1 N–H and O–H groups in total. The first-order chi connectivity index (χ1) is 9.28. The molecule has 1 atom stereocenters. The molecule has 5 nitrogen and oxygen atoms in total. The highest BCUT2D eigenvalue weighted by Gasteiger charge is 2.66. The summed E-state index contributed by atoms with van der Waals surface area (Å²) in [5.74, 6) is -0.409. The van der Waals surface area contributed by atoms with Crippen molar-refractivity contribution in [3.05, 3.63) is 11.1 Å². The van der Waals surface area contributed by atoms with Gasteiger partial charge in [-0.25, -0.2) is 4.98 Å². The van der Waals surface area contributed by atoms with Crippen LogP contribution < -0.4 is 5.32 Å². The number of amides is 1. The van der Waals surface area contributed by atoms with E-state index in [1.54, 1.807) is 12.3 Å². The summed E-state index contributed by atoms with van der Waals surface area (Å²) in [6.45, 7) is 3.98. The molecule has 1 aromatic rings. The number of alkyl halides is 2. The molecule has 1 aromatic heterocycles. The van der Waals surface area contributed by atoms with Gasteiger partial charge >= 0.3 is 5.97 Å². The van der Waals surface area contributed by atoms with Crippen molar-refractivity contribution < 1.29 is 14.3 Å². The van der Waals surface area contributed by atoms with Gasteiger partial charge in [0.05, 0.1) is 27.4 Å². The molecule has 0 saturated heterocycles. The molecule has 1 aliphatic rings. The van der Waals surface area contributed by atoms with Crippen molar-refractivity contribution in [2.75, 3.05) is 11.9 Å². The van der Waals surface area contributed by atoms with Crippen molar-refractivity contribution in [2.45, 2.75) is 29.9 Å². The lowest BCUT2D eigenvalue weighted by Crippen LogP contribution is -2.25. The molecule has 110 valence electrons. The molecule has 1 amide bonds. The largest absolute Gasteiger partial charge is 0.466 e. The van der Waals surface area contributed by atoms with Crippen LogP contribution in [0.3, 0.4) is 0 Å². The Labute approximate surface area is 137 Å². The second-order valence-electron chi connectivity index (χ2n) is 4.79. The summed E-state index contributed by atoms with van der Waals surface area (Å²) >= 11 is 8.21. The summed E-state index contributed by atoms with van der Waals surface area (Å²) in [6, 6.07) is 0. The zero-order valence-electron chi connectivity index (χ0n) is 11.0. The van der Waals surface area contributed by atoms with E-state index in [9.17, 15) is 9.59 Å². The minimum absolute atomic E-state index is 0.0942. The molecule has 20 heavy (non-hydrogen) atoms. The van der Waals surface area contributed by atoms with Gasteiger partial charge in [0, 0.05) is 5.38 Å². The number of carbonyl (C=O) groups is 2. The van der Waals surface area contributed by atoms with Crippen LogP contribution in [0.2, 0.25) is 0 Å². The Bertz CT molecular complexity index is 547. The van der Waals surface area contributed by atoms with Gasteiger partial charge in [-0.2, -0.15) is 0 Å². The van der Waals surface area contributed by atoms with E-state index in [1.165, 1.54) is 11.3 Å². The van der Waals surface area contributed by atoms with Gasteiger partial charge in [0.2, 0.25) is 5.91 Å². The maximum absolute atomic E-state index is 12.1. The number of hydrogen-bond donors (Lipinski definition) is 1. The highest BCUT2D eigenvalue weighted by molar-refractivity contribution is 9.25. The van der Waals surface area contributed by atoms with Crippen molar-refractivity contribution in [1.29, 1.82) is 0 Å². The van der Waals surface area contributed by atoms with Crippen molar-refractivity contribution in [3.63, 3.8) is 0 Å². The van der Waals surface area contributed by atoms with Crippen LogP contribution in [0.15, 0.2) is 5.38 Å². The van der Waals surface area contributed by atoms with Crippen molar-refractivity contribution in [1.82, 2.24) is 4.98 Å². The predicted octanol–water partition coefficient (Wildman–Crippen LogP) is 3.08. The second-order valence-corrected chi connectivity index (χ2v) is 9.42. The van der Waals surface area contributed by atoms with Gasteiger partial charge in [0.1, 0.15) is 0 Å². The van der Waals surface area contributed by atoms with Crippen LogP contribution in [-0.4, -0.2) is 26.7 Å². The van der Waals surface area contributed by atoms with Crippen molar-refractivity contribution in [3.8, 4) is 0 Å². The average molecular weight is 426 g/mol. The Balaban J connectivity index is 1.94. The smallest absolute Gasteiger partial charge is 0.311 e. The van der Waals surface area contributed by atoms with Crippen molar-refractivity contribution >= 4 is 60.2 Å². The quantitative estimate of drug-likeness (QED) is 0.581. The molecule has 1 saturated carbocycles. The fourth-order valence-electron chi connectivity index (χ4n) is 1.69. The minimum atomic E-state index is -0.486. The molecule has 0 aromatic carbocycles. The van der Waals surface area contributed by atoms with Gasteiger partial charge in [0.25, 0.3) is 0 Å². The van der Waals surface area contributed by atoms with E-state index < -0.39 is 5.41 Å². The van der Waals surface area contributed by atoms with Crippen molar-refractivity contribution in [2.24, 2.45) is 5.41 Å². The molecule has 8 heteroatoms. The third-order valence-corrected chi connectivity index (χ3v) is 6.28. The summed E-state index contributed by atoms with van der Waals surface area (Å²) in [4.78, 5) is 27.7. The van der Waals surface area contributed by atoms with Gasteiger partial charge in [-0.15, -0.1) is 11.3 Å². The van der Waals surface area contributed by atoms with Crippen LogP contribution in [0, 0.1) is 5.41 Å². The molecule has 0 unspecified atom stereocenters. The standard InChI is InChI=1S/C12H14Br2N2O3S/c1-3-19-8(17)4-7-5-20-10(15-7)16-9(18)11(2)6-12(11,13)14/h5H,3-4,6H2,1-2H3,(H,15,16,18)/t11-/m0/s1. The third kappa shape index (κ3) is 3.23. The topological polar surface area (TPSA) is 68.3 Å². The Morgan fingerprint density at radius 3 is 2.75 bits per heavy atom. The molecule has 0 aliphatic heterocycles. The minimum Gasteiger partial charge on any atom is -0.466 e. The van der Waals surface area contributed by atoms with Crippen LogP contribution in [0.5, 0.6) is 0 Å². The number of ether oxygens (including phenoxy) is 1. The highest BCUT2D eigenvalue weighted by Crippen LogP contribution is 2.66. The zero-order chi connectivity index (χ0) is 15.0. The Kier molecular flexibility index (Phi) is 4.56. The third-order valence-electron chi connectivity index (χ3n) is 3.16. The van der Waals surface area contributed by atoms with Crippen LogP contribution >= 0.6 is 43.2 Å². The zero-order valence-corrected chi connectivity index (χ0v) is 15.0. The Morgan fingerprint density at radius 1 is 1.55 bits per heavy atom. The van der Waals surface area contributed by atoms with E-state index in [0.717, 1.165) is 0 Å². The first-order valence-corrected chi connectivity index (χ1v) is 8.54. The Hall–Kier alpha value is -0.470. The molecule has 1 heterocycles. The Morgan fingerprint density at radius 2 is 2.20 bits per heavy atom. The maximum atomic E-state index is 12.1. The number of aromatic nitrogens is 1. The van der Waals surface area contributed by atoms with Gasteiger partial charge in [-0.1, -0.05) is 31.9 Å². The summed E-state index contributed by atoms with van der Waals surface area (Å²) in [5, 5.41) is 5.03. The van der Waals surface area contributed by atoms with Crippen LogP contribution in [0.1, 0.15) is 26.0 Å². The summed E-state index contributed by atoms with van der Waals surface area (Å²) in [6.07, 6.45) is 0.838. The summed E-state index contributed by atoms with van der Waals surface area (Å²) < 4.78 is 4.52. The van der Waals surface area contributed by atoms with E-state index in [2.05, 4.69) is 42.2 Å². The van der Waals surface area contributed by atoms with E-state index in [0.29, 0.717) is 23.9 Å². The van der Waals surface area contributed by atoms with E-state index >= 15 is 0 Å². The molecule has 0 spiro atoms. The number of hydrogen-bond acceptors (Lipinski definition) is 5. The number of nitrogens with zero attached hydrogens (tertiary/aromatic N) is 1. The number of anilines is 1. The monoisotopic (exact) mass is 424 g/mol. The highest BCUT2D eigenvalue weighted by atomic mass is 79.9. The average Bonchev–Trinajstić information content (AvgIpc) is 2.70. The molecule has 2 rings (SSSR count). The second kappa shape index (κ2) is 5.73. The van der Waals surface area contributed by atoms with E-state index in [1.807, 2.05) is 6.92 Å². The first kappa shape index (κ1) is 15.9. The first-order valence-electron chi connectivity index (χ1n) is 6.08. The number of esters is 1. The predicted molar refractivity (Wildman–Crippen MR) is 84.4 cm³/mol. The fraction of sp³-hybridized carbons (Fsp3) is 0.583.